The van der Waals surface area contributed by atoms with Crippen LogP contribution in [-0.2, 0) is 32.6 Å². The monoisotopic (exact) mass is 514 g/mol. The molecule has 1 N–H and O–H groups in total. The fourth-order valence-corrected chi connectivity index (χ4v) is 5.43. The topological polar surface area (TPSA) is 75.7 Å². The number of ether oxygens (including phenoxy) is 1. The van der Waals surface area contributed by atoms with Crippen LogP contribution in [0.3, 0.4) is 0 Å². The largest absolute Gasteiger partial charge is 0.490 e. The number of aryl methyl sites for hydroxylation is 1. The third-order valence-corrected chi connectivity index (χ3v) is 7.89. The Kier molecular flexibility index (Phi) is 10.7. The van der Waals surface area contributed by atoms with Crippen molar-refractivity contribution >= 4 is 22.6 Å². The number of hydrogen-bond donors (Lipinski definition) is 1. The Morgan fingerprint density at radius 1 is 1.14 bits per heavy atom. The van der Waals surface area contributed by atoms with Gasteiger partial charge in [-0.3, -0.25) is 13.8 Å². The van der Waals surface area contributed by atoms with Gasteiger partial charge < -0.3 is 15.0 Å². The van der Waals surface area contributed by atoms with Gasteiger partial charge in [-0.25, -0.2) is 4.39 Å². The van der Waals surface area contributed by atoms with Crippen LogP contribution in [0.1, 0.15) is 43.7 Å². The molecule has 6 nitrogen and oxygen atoms in total. The van der Waals surface area contributed by atoms with Gasteiger partial charge in [-0.2, -0.15) is 0 Å². The molecule has 3 rings (SSSR count). The highest BCUT2D eigenvalue weighted by Gasteiger charge is 2.44. The maximum absolute atomic E-state index is 12.9. The number of nitrogens with zero attached hydrogens (tertiary/aromatic N) is 1. The average Bonchev–Trinajstić information content (AvgIpc) is 2.87. The van der Waals surface area contributed by atoms with Crippen LogP contribution in [0.5, 0.6) is 5.75 Å². The standard InChI is InChI=1S/C28H35FN2O4S/c1-3-18-35-25-15-11-23(12-16-25)20-36(34)26-19-31(28(26)33)21(2)27(32)30-17-7-5-4-6-8-22-9-13-24(29)14-10-22/h3,9-16,21,26H,1,4-8,17-20H2,2H3,(H,30,32). The summed E-state index contributed by atoms with van der Waals surface area (Å²) in [6.45, 7) is 6.62. The lowest BCUT2D eigenvalue weighted by molar-refractivity contribution is -0.147. The molecule has 0 radical (unpaired) electrons. The second-order valence-electron chi connectivity index (χ2n) is 9.01. The second-order valence-corrected chi connectivity index (χ2v) is 10.6. The molecule has 2 aromatic carbocycles. The fourth-order valence-electron chi connectivity index (χ4n) is 4.03. The molecule has 1 saturated heterocycles. The van der Waals surface area contributed by atoms with Gasteiger partial charge >= 0.3 is 0 Å². The number of β-lactam (4-membered cyclic amide) rings is 1. The summed E-state index contributed by atoms with van der Waals surface area (Å²) >= 11 is 0. The third kappa shape index (κ3) is 8.01. The Balaban J connectivity index is 1.30. The fraction of sp³-hybridized carbons (Fsp3) is 0.429. The Hall–Kier alpha value is -3.00. The number of halogens is 1. The molecule has 2 amide bonds. The van der Waals surface area contributed by atoms with Gasteiger partial charge in [-0.05, 0) is 61.6 Å². The molecule has 0 bridgehead atoms. The average molecular weight is 515 g/mol. The van der Waals surface area contributed by atoms with E-state index < -0.39 is 22.1 Å². The first-order valence-electron chi connectivity index (χ1n) is 12.4. The second kappa shape index (κ2) is 13.9. The number of nitrogens with one attached hydrogen (secondary N) is 1. The van der Waals surface area contributed by atoms with Gasteiger partial charge in [0.2, 0.25) is 11.8 Å². The summed E-state index contributed by atoms with van der Waals surface area (Å²) in [5, 5.41) is 2.33. The summed E-state index contributed by atoms with van der Waals surface area (Å²) in [5.74, 6) is 0.356. The zero-order valence-corrected chi connectivity index (χ0v) is 21.6. The predicted molar refractivity (Wildman–Crippen MR) is 141 cm³/mol. The molecule has 0 spiro atoms. The molecule has 8 heteroatoms. The lowest BCUT2D eigenvalue weighted by Crippen LogP contribution is -2.64. The highest BCUT2D eigenvalue weighted by Crippen LogP contribution is 2.22. The number of amides is 2. The number of carbonyl (C=O) groups is 2. The van der Waals surface area contributed by atoms with Crippen molar-refractivity contribution in [3.63, 3.8) is 0 Å². The number of rotatable bonds is 15. The van der Waals surface area contributed by atoms with Gasteiger partial charge in [0.1, 0.15) is 29.5 Å². The molecule has 1 aliphatic heterocycles. The van der Waals surface area contributed by atoms with Gasteiger partial charge in [0, 0.05) is 29.6 Å². The van der Waals surface area contributed by atoms with E-state index in [2.05, 4.69) is 11.9 Å². The highest BCUT2D eigenvalue weighted by atomic mass is 32.2. The minimum atomic E-state index is -1.35. The van der Waals surface area contributed by atoms with Crippen LogP contribution in [0, 0.1) is 5.82 Å². The molecule has 0 saturated carbocycles. The summed E-state index contributed by atoms with van der Waals surface area (Å²) in [6.07, 6.45) is 6.48. The number of hydrogen-bond acceptors (Lipinski definition) is 4. The maximum atomic E-state index is 12.9. The number of unbranched alkanes of at least 4 members (excludes halogenated alkanes) is 3. The summed E-state index contributed by atoms with van der Waals surface area (Å²) in [4.78, 5) is 26.6. The molecule has 2 aromatic rings. The summed E-state index contributed by atoms with van der Waals surface area (Å²) in [6, 6.07) is 13.3. The van der Waals surface area contributed by atoms with Crippen LogP contribution >= 0.6 is 0 Å². The van der Waals surface area contributed by atoms with Crippen molar-refractivity contribution in [2.24, 2.45) is 0 Å². The van der Waals surface area contributed by atoms with Crippen LogP contribution < -0.4 is 10.1 Å². The molecule has 1 fully saturated rings. The van der Waals surface area contributed by atoms with Gasteiger partial charge in [0.25, 0.3) is 0 Å². The van der Waals surface area contributed by atoms with Crippen molar-refractivity contribution in [1.29, 1.82) is 0 Å². The summed E-state index contributed by atoms with van der Waals surface area (Å²) in [5.41, 5.74) is 2.00. The zero-order chi connectivity index (χ0) is 25.9. The van der Waals surface area contributed by atoms with Gasteiger partial charge in [0.15, 0.2) is 0 Å². The minimum absolute atomic E-state index is 0.186. The van der Waals surface area contributed by atoms with E-state index in [-0.39, 0.29) is 23.4 Å². The zero-order valence-electron chi connectivity index (χ0n) is 20.8. The van der Waals surface area contributed by atoms with E-state index in [0.29, 0.717) is 25.4 Å². The van der Waals surface area contributed by atoms with Crippen molar-refractivity contribution in [2.75, 3.05) is 19.7 Å². The number of likely N-dealkylation sites (tertiary alicyclic amines) is 1. The summed E-state index contributed by atoms with van der Waals surface area (Å²) in [7, 11) is -1.35. The molecular weight excluding hydrogens is 479 g/mol. The minimum Gasteiger partial charge on any atom is -0.490 e. The molecule has 3 atom stereocenters. The van der Waals surface area contributed by atoms with Crippen molar-refractivity contribution in [2.45, 2.75) is 56.1 Å². The van der Waals surface area contributed by atoms with Gasteiger partial charge in [0.05, 0.1) is 0 Å². The van der Waals surface area contributed by atoms with Crippen molar-refractivity contribution in [1.82, 2.24) is 10.2 Å². The summed E-state index contributed by atoms with van der Waals surface area (Å²) < 4.78 is 31.1. The molecule has 194 valence electrons. The van der Waals surface area contributed by atoms with Crippen molar-refractivity contribution in [3.05, 3.63) is 78.1 Å². The first kappa shape index (κ1) is 27.6. The predicted octanol–water partition coefficient (Wildman–Crippen LogP) is 4.16. The molecule has 1 aliphatic rings. The highest BCUT2D eigenvalue weighted by molar-refractivity contribution is 7.85. The number of carbonyl (C=O) groups excluding carboxylic acids is 2. The van der Waals surface area contributed by atoms with E-state index in [1.807, 2.05) is 36.4 Å². The first-order chi connectivity index (χ1) is 17.4. The van der Waals surface area contributed by atoms with Crippen LogP contribution in [0.25, 0.3) is 0 Å². The smallest absolute Gasteiger partial charge is 0.242 e. The normalized spacial score (nSPS) is 16.7. The Labute approximate surface area is 215 Å². The lowest BCUT2D eigenvalue weighted by atomic mass is 10.1. The van der Waals surface area contributed by atoms with Crippen LogP contribution in [0.4, 0.5) is 4.39 Å². The quantitative estimate of drug-likeness (QED) is 0.220. The Bertz CT molecular complexity index is 1040. The molecule has 0 aromatic heterocycles. The van der Waals surface area contributed by atoms with Gasteiger partial charge in [-0.15, -0.1) is 0 Å². The van der Waals surface area contributed by atoms with Crippen LogP contribution in [0.2, 0.25) is 0 Å². The Morgan fingerprint density at radius 3 is 2.47 bits per heavy atom. The van der Waals surface area contributed by atoms with E-state index >= 15 is 0 Å². The molecule has 0 aliphatic carbocycles. The molecule has 1 heterocycles. The van der Waals surface area contributed by atoms with Gasteiger partial charge in [-0.1, -0.05) is 49.8 Å². The Morgan fingerprint density at radius 2 is 1.81 bits per heavy atom. The van der Waals surface area contributed by atoms with E-state index in [1.165, 1.54) is 17.0 Å². The van der Waals surface area contributed by atoms with E-state index in [1.54, 1.807) is 13.0 Å². The SMILES string of the molecule is C=CCOc1ccc(CS(=O)C2CN(C(C)C(=O)NCCCCCCc3ccc(F)cc3)C2=O)cc1. The molecule has 3 unspecified atom stereocenters. The first-order valence-corrected chi connectivity index (χ1v) is 13.8. The van der Waals surface area contributed by atoms with E-state index in [9.17, 15) is 18.2 Å². The van der Waals surface area contributed by atoms with E-state index in [0.717, 1.165) is 43.2 Å². The van der Waals surface area contributed by atoms with Crippen molar-refractivity contribution < 1.29 is 22.9 Å². The third-order valence-electron chi connectivity index (χ3n) is 6.29. The van der Waals surface area contributed by atoms with Crippen LogP contribution in [0.15, 0.2) is 61.2 Å². The number of benzene rings is 2. The molecule has 36 heavy (non-hydrogen) atoms. The lowest BCUT2D eigenvalue weighted by Gasteiger charge is -2.41. The van der Waals surface area contributed by atoms with E-state index in [4.69, 9.17) is 4.74 Å². The maximum Gasteiger partial charge on any atom is 0.242 e. The molecular formula is C28H35FN2O4S. The van der Waals surface area contributed by atoms with Crippen molar-refractivity contribution in [3.8, 4) is 5.75 Å². The van der Waals surface area contributed by atoms with Crippen LogP contribution in [-0.4, -0.2) is 51.9 Å².